The van der Waals surface area contributed by atoms with Gasteiger partial charge in [0.2, 0.25) is 5.43 Å². The van der Waals surface area contributed by atoms with Crippen molar-refractivity contribution in [2.75, 3.05) is 42.9 Å². The van der Waals surface area contributed by atoms with Crippen molar-refractivity contribution < 1.29 is 9.18 Å². The number of fused-ring (bicyclic) bond motifs is 1. The molecule has 0 unspecified atom stereocenters. The first-order valence-electron chi connectivity index (χ1n) is 11.4. The van der Waals surface area contributed by atoms with E-state index in [-0.39, 0.29) is 17.0 Å². The highest BCUT2D eigenvalue weighted by Crippen LogP contribution is 2.38. The number of hydrogen-bond donors (Lipinski definition) is 1. The maximum atomic E-state index is 15.2. The second-order valence-electron chi connectivity index (χ2n) is 8.72. The lowest BCUT2D eigenvalue weighted by molar-refractivity contribution is 0.102. The van der Waals surface area contributed by atoms with Gasteiger partial charge in [-0.1, -0.05) is 24.6 Å². The van der Waals surface area contributed by atoms with Crippen molar-refractivity contribution >= 4 is 39.8 Å². The molecule has 6 nitrogen and oxygen atoms in total. The second kappa shape index (κ2) is 8.80. The number of carbonyl (C=O) groups excluding carboxylic acids is 1. The van der Waals surface area contributed by atoms with Crippen LogP contribution in [0.1, 0.15) is 36.2 Å². The van der Waals surface area contributed by atoms with E-state index in [9.17, 15) is 9.59 Å². The van der Waals surface area contributed by atoms with Gasteiger partial charge < -0.3 is 19.7 Å². The number of likely N-dealkylation sites (N-methyl/N-ethyl adjacent to an activating group) is 1. The van der Waals surface area contributed by atoms with Gasteiger partial charge in [-0.05, 0) is 49.7 Å². The van der Waals surface area contributed by atoms with Crippen molar-refractivity contribution in [2.24, 2.45) is 0 Å². The van der Waals surface area contributed by atoms with Gasteiger partial charge in [0.1, 0.15) is 11.4 Å². The van der Waals surface area contributed by atoms with Crippen molar-refractivity contribution in [2.45, 2.75) is 25.8 Å². The van der Waals surface area contributed by atoms with Crippen molar-refractivity contribution in [3.8, 4) is 0 Å². The number of nitrogens with one attached hydrogen (secondary N) is 1. The van der Waals surface area contributed by atoms with Gasteiger partial charge in [-0.2, -0.15) is 0 Å². The van der Waals surface area contributed by atoms with Gasteiger partial charge in [-0.25, -0.2) is 4.39 Å². The largest absolute Gasteiger partial charge is 0.367 e. The minimum absolute atomic E-state index is 0.00177. The molecule has 2 fully saturated rings. The highest BCUT2D eigenvalue weighted by atomic mass is 35.5. The van der Waals surface area contributed by atoms with E-state index in [1.54, 1.807) is 36.5 Å². The van der Waals surface area contributed by atoms with Crippen LogP contribution in [0.3, 0.4) is 0 Å². The van der Waals surface area contributed by atoms with Crippen molar-refractivity contribution in [3.63, 3.8) is 0 Å². The number of anilines is 2. The molecular formula is C25H26ClFN4O2. The summed E-state index contributed by atoms with van der Waals surface area (Å²) in [6.45, 7) is 6.35. The van der Waals surface area contributed by atoms with Gasteiger partial charge >= 0.3 is 0 Å². The van der Waals surface area contributed by atoms with E-state index in [2.05, 4.69) is 17.1 Å². The summed E-state index contributed by atoms with van der Waals surface area (Å²) in [5.74, 6) is -0.960. The van der Waals surface area contributed by atoms with Crippen molar-refractivity contribution in [3.05, 3.63) is 69.2 Å². The molecule has 1 amide bonds. The van der Waals surface area contributed by atoms with Gasteiger partial charge in [0.15, 0.2) is 0 Å². The SMILES string of the molecule is CCN1CCN(c2cc3c(cc2F)c(=O)c(C(=O)Nc2cccc(Cl)c2)cn3C2CC2)CC1. The molecule has 2 aromatic carbocycles. The lowest BCUT2D eigenvalue weighted by Crippen LogP contribution is -2.46. The van der Waals surface area contributed by atoms with Crippen LogP contribution in [0.25, 0.3) is 10.9 Å². The highest BCUT2D eigenvalue weighted by Gasteiger charge is 2.28. The summed E-state index contributed by atoms with van der Waals surface area (Å²) in [6.07, 6.45) is 3.56. The Morgan fingerprint density at radius 2 is 1.91 bits per heavy atom. The summed E-state index contributed by atoms with van der Waals surface area (Å²) in [6, 6.07) is 10.0. The van der Waals surface area contributed by atoms with Gasteiger partial charge in [0.05, 0.1) is 11.2 Å². The van der Waals surface area contributed by atoms with E-state index in [0.717, 1.165) is 45.6 Å². The molecule has 33 heavy (non-hydrogen) atoms. The van der Waals surface area contributed by atoms with Crippen LogP contribution in [0.15, 0.2) is 47.4 Å². The Morgan fingerprint density at radius 3 is 2.58 bits per heavy atom. The predicted octanol–water partition coefficient (Wildman–Crippen LogP) is 4.52. The predicted molar refractivity (Wildman–Crippen MR) is 130 cm³/mol. The van der Waals surface area contributed by atoms with Gasteiger partial charge in [-0.3, -0.25) is 9.59 Å². The van der Waals surface area contributed by atoms with Crippen LogP contribution in [0.4, 0.5) is 15.8 Å². The number of hydrogen-bond acceptors (Lipinski definition) is 4. The van der Waals surface area contributed by atoms with E-state index in [0.29, 0.717) is 21.9 Å². The number of amides is 1. The standard InChI is InChI=1S/C25H26ClFN4O2/c1-2-29-8-10-30(11-9-29)23-14-22-19(13-21(23)27)24(32)20(15-31(22)18-6-7-18)25(33)28-17-5-3-4-16(26)12-17/h3-5,12-15,18H,2,6-11H2,1H3,(H,28,33). The Labute approximate surface area is 196 Å². The number of piperazine rings is 1. The Hall–Kier alpha value is -2.90. The zero-order chi connectivity index (χ0) is 23.1. The Kier molecular flexibility index (Phi) is 5.85. The molecule has 1 saturated heterocycles. The molecule has 2 heterocycles. The third-order valence-corrected chi connectivity index (χ3v) is 6.76. The zero-order valence-corrected chi connectivity index (χ0v) is 19.2. The molecule has 172 valence electrons. The fourth-order valence-corrected chi connectivity index (χ4v) is 4.68. The first-order chi connectivity index (χ1) is 15.9. The lowest BCUT2D eigenvalue weighted by Gasteiger charge is -2.35. The first kappa shape index (κ1) is 21.9. The van der Waals surface area contributed by atoms with E-state index in [1.807, 2.05) is 9.47 Å². The molecule has 1 aliphatic carbocycles. The molecular weight excluding hydrogens is 443 g/mol. The fraction of sp³-hybridized carbons (Fsp3) is 0.360. The minimum Gasteiger partial charge on any atom is -0.367 e. The topological polar surface area (TPSA) is 57.6 Å². The summed E-state index contributed by atoms with van der Waals surface area (Å²) < 4.78 is 17.2. The van der Waals surface area contributed by atoms with Crippen LogP contribution in [0.5, 0.6) is 0 Å². The van der Waals surface area contributed by atoms with Gasteiger partial charge in [0, 0.05) is 54.5 Å². The summed E-state index contributed by atoms with van der Waals surface area (Å²) in [5, 5.41) is 3.45. The number of benzene rings is 2. The molecule has 0 bridgehead atoms. The summed E-state index contributed by atoms with van der Waals surface area (Å²) >= 11 is 6.01. The Balaban J connectivity index is 1.55. The fourth-order valence-electron chi connectivity index (χ4n) is 4.49. The first-order valence-corrected chi connectivity index (χ1v) is 11.7. The normalized spacial score (nSPS) is 16.9. The number of aromatic nitrogens is 1. The Morgan fingerprint density at radius 1 is 1.15 bits per heavy atom. The third-order valence-electron chi connectivity index (χ3n) is 6.53. The van der Waals surface area contributed by atoms with Crippen molar-refractivity contribution in [1.29, 1.82) is 0 Å². The number of rotatable bonds is 5. The average Bonchev–Trinajstić information content (AvgIpc) is 3.65. The molecule has 1 aromatic heterocycles. The molecule has 1 N–H and O–H groups in total. The minimum atomic E-state index is -0.529. The summed E-state index contributed by atoms with van der Waals surface area (Å²) in [5.41, 5.74) is 1.22. The molecule has 5 rings (SSSR count). The van der Waals surface area contributed by atoms with Crippen molar-refractivity contribution in [1.82, 2.24) is 9.47 Å². The summed E-state index contributed by atoms with van der Waals surface area (Å²) in [4.78, 5) is 30.6. The van der Waals surface area contributed by atoms with Crippen LogP contribution in [0.2, 0.25) is 5.02 Å². The molecule has 0 radical (unpaired) electrons. The van der Waals surface area contributed by atoms with E-state index < -0.39 is 17.2 Å². The second-order valence-corrected chi connectivity index (χ2v) is 9.15. The molecule has 8 heteroatoms. The summed E-state index contributed by atoms with van der Waals surface area (Å²) in [7, 11) is 0. The van der Waals surface area contributed by atoms with Crippen LogP contribution < -0.4 is 15.6 Å². The van der Waals surface area contributed by atoms with Gasteiger partial charge in [0.25, 0.3) is 5.91 Å². The van der Waals surface area contributed by atoms with E-state index >= 15 is 4.39 Å². The molecule has 1 aliphatic heterocycles. The number of nitrogens with zero attached hydrogens (tertiary/aromatic N) is 3. The van der Waals surface area contributed by atoms with Gasteiger partial charge in [-0.15, -0.1) is 0 Å². The molecule has 2 aliphatic rings. The quantitative estimate of drug-likeness (QED) is 0.598. The maximum absolute atomic E-state index is 15.2. The highest BCUT2D eigenvalue weighted by molar-refractivity contribution is 6.31. The van der Waals surface area contributed by atoms with E-state index in [4.69, 9.17) is 11.6 Å². The maximum Gasteiger partial charge on any atom is 0.261 e. The lowest BCUT2D eigenvalue weighted by atomic mass is 10.1. The van der Waals surface area contributed by atoms with Crippen LogP contribution in [-0.2, 0) is 0 Å². The third kappa shape index (κ3) is 4.35. The van der Waals surface area contributed by atoms with Crippen LogP contribution >= 0.6 is 11.6 Å². The number of pyridine rings is 1. The Bertz CT molecular complexity index is 1280. The molecule has 0 atom stereocenters. The monoisotopic (exact) mass is 468 g/mol. The number of carbonyl (C=O) groups is 1. The molecule has 0 spiro atoms. The van der Waals surface area contributed by atoms with E-state index in [1.165, 1.54) is 6.07 Å². The number of halogens is 2. The molecule has 3 aromatic rings. The zero-order valence-electron chi connectivity index (χ0n) is 18.5. The smallest absolute Gasteiger partial charge is 0.261 e. The average molecular weight is 469 g/mol. The van der Waals surface area contributed by atoms with Crippen LogP contribution in [-0.4, -0.2) is 48.1 Å². The van der Waals surface area contributed by atoms with Crippen LogP contribution in [0, 0.1) is 5.82 Å². The molecule has 1 saturated carbocycles.